The fourth-order valence-electron chi connectivity index (χ4n) is 1.66. The van der Waals surface area contributed by atoms with Crippen molar-refractivity contribution in [1.82, 2.24) is 0 Å². The Labute approximate surface area is 88.4 Å². The Hall–Kier alpha value is -0.780. The maximum absolute atomic E-state index is 2.34. The highest BCUT2D eigenvalue weighted by Crippen LogP contribution is 2.07. The van der Waals surface area contributed by atoms with Crippen molar-refractivity contribution in [2.75, 3.05) is 0 Å². The van der Waals surface area contributed by atoms with Crippen molar-refractivity contribution in [1.29, 1.82) is 0 Å². The van der Waals surface area contributed by atoms with E-state index >= 15 is 0 Å². The summed E-state index contributed by atoms with van der Waals surface area (Å²) in [5.41, 5.74) is 0. The fraction of sp³-hybridized carbons (Fsp3) is 0.571. The lowest BCUT2D eigenvalue weighted by Gasteiger charge is -1.97. The number of allylic oxidation sites excluding steroid dienone is 6. The van der Waals surface area contributed by atoms with Crippen LogP contribution in [0.15, 0.2) is 36.5 Å². The van der Waals surface area contributed by atoms with Crippen LogP contribution in [0.4, 0.5) is 0 Å². The van der Waals surface area contributed by atoms with Crippen LogP contribution >= 0.6 is 0 Å². The molecule has 0 spiro atoms. The summed E-state index contributed by atoms with van der Waals surface area (Å²) in [6.07, 6.45) is 24.0. The second-order valence-corrected chi connectivity index (χ2v) is 3.90. The lowest BCUT2D eigenvalue weighted by Crippen LogP contribution is -1.77. The van der Waals surface area contributed by atoms with Crippen LogP contribution < -0.4 is 0 Å². The van der Waals surface area contributed by atoms with Gasteiger partial charge < -0.3 is 0 Å². The minimum Gasteiger partial charge on any atom is -0.0885 e. The van der Waals surface area contributed by atoms with Crippen molar-refractivity contribution in [3.8, 4) is 0 Å². The van der Waals surface area contributed by atoms with E-state index in [1.807, 2.05) is 0 Å². The molecular weight excluding hydrogens is 168 g/mol. The van der Waals surface area contributed by atoms with Gasteiger partial charge in [0.05, 0.1) is 0 Å². The second-order valence-electron chi connectivity index (χ2n) is 3.90. The van der Waals surface area contributed by atoms with Gasteiger partial charge in [-0.15, -0.1) is 0 Å². The maximum atomic E-state index is 2.34. The van der Waals surface area contributed by atoms with Crippen LogP contribution in [-0.2, 0) is 0 Å². The Morgan fingerprint density at radius 3 is 1.71 bits per heavy atom. The summed E-state index contributed by atoms with van der Waals surface area (Å²) in [6.45, 7) is 0. The minimum atomic E-state index is 1.18. The van der Waals surface area contributed by atoms with Gasteiger partial charge in [-0.1, -0.05) is 49.3 Å². The Bertz CT molecular complexity index is 196. The van der Waals surface area contributed by atoms with E-state index in [2.05, 4.69) is 36.5 Å². The Kier molecular flexibility index (Phi) is 7.10. The normalized spacial score (nSPS) is 25.1. The van der Waals surface area contributed by atoms with Gasteiger partial charge in [-0.2, -0.15) is 0 Å². The smallest absolute Gasteiger partial charge is 0.0313 e. The molecule has 0 heteroatoms. The first kappa shape index (κ1) is 11.3. The Balaban J connectivity index is 2.26. The zero-order valence-electron chi connectivity index (χ0n) is 9.12. The van der Waals surface area contributed by atoms with Crippen molar-refractivity contribution >= 4 is 0 Å². The Morgan fingerprint density at radius 1 is 0.429 bits per heavy atom. The van der Waals surface area contributed by atoms with Gasteiger partial charge in [0.15, 0.2) is 0 Å². The topological polar surface area (TPSA) is 0 Å². The standard InChI is InChI=1S/C14H22/c1-2-4-6-8-10-12-14-13-11-9-7-5-3-1/h1-4,9,11H,5-8,10,12-14H2/b3-1-,4-2?,11-9-. The SMILES string of the molecule is C1=CCCCCCC/C=C\CC/C=C\1. The molecule has 0 nitrogen and oxygen atoms in total. The third-order valence-corrected chi connectivity index (χ3v) is 2.54. The molecule has 0 N–H and O–H groups in total. The van der Waals surface area contributed by atoms with Gasteiger partial charge in [-0.3, -0.25) is 0 Å². The molecule has 78 valence electrons. The molecule has 0 bridgehead atoms. The summed E-state index contributed by atoms with van der Waals surface area (Å²) < 4.78 is 0. The average Bonchev–Trinajstić information content (AvgIpc) is 2.22. The zero-order valence-corrected chi connectivity index (χ0v) is 9.12. The van der Waals surface area contributed by atoms with Crippen LogP contribution in [0.25, 0.3) is 0 Å². The van der Waals surface area contributed by atoms with Crippen LogP contribution in [0, 0.1) is 0 Å². The van der Waals surface area contributed by atoms with Crippen molar-refractivity contribution in [2.45, 2.75) is 51.4 Å². The molecule has 0 saturated heterocycles. The molecule has 0 aliphatic heterocycles. The summed E-state index contributed by atoms with van der Waals surface area (Å²) in [5.74, 6) is 0. The van der Waals surface area contributed by atoms with Crippen LogP contribution in [0.1, 0.15) is 51.4 Å². The van der Waals surface area contributed by atoms with E-state index in [0.717, 1.165) is 0 Å². The van der Waals surface area contributed by atoms with Crippen LogP contribution in [-0.4, -0.2) is 0 Å². The lowest BCUT2D eigenvalue weighted by atomic mass is 10.1. The molecule has 0 atom stereocenters. The molecule has 0 saturated carbocycles. The van der Waals surface area contributed by atoms with E-state index in [1.165, 1.54) is 51.4 Å². The summed E-state index contributed by atoms with van der Waals surface area (Å²) in [4.78, 5) is 0. The number of rotatable bonds is 0. The van der Waals surface area contributed by atoms with Gasteiger partial charge >= 0.3 is 0 Å². The molecule has 1 rings (SSSR count). The van der Waals surface area contributed by atoms with Crippen molar-refractivity contribution in [3.63, 3.8) is 0 Å². The molecule has 0 amide bonds. The van der Waals surface area contributed by atoms with Gasteiger partial charge in [0.1, 0.15) is 0 Å². The van der Waals surface area contributed by atoms with Crippen molar-refractivity contribution in [3.05, 3.63) is 36.5 Å². The molecule has 14 heavy (non-hydrogen) atoms. The first-order valence-electron chi connectivity index (χ1n) is 5.97. The lowest BCUT2D eigenvalue weighted by molar-refractivity contribution is 0.652. The predicted octanol–water partition coefficient (Wildman–Crippen LogP) is 4.79. The predicted molar refractivity (Wildman–Crippen MR) is 64.4 cm³/mol. The second kappa shape index (κ2) is 8.80. The number of hydrogen-bond donors (Lipinski definition) is 0. The monoisotopic (exact) mass is 190 g/mol. The zero-order chi connectivity index (χ0) is 9.90. The highest BCUT2D eigenvalue weighted by Gasteiger charge is 1.87. The van der Waals surface area contributed by atoms with E-state index in [0.29, 0.717) is 0 Å². The molecule has 0 aromatic heterocycles. The minimum absolute atomic E-state index is 1.18. The highest BCUT2D eigenvalue weighted by molar-refractivity contribution is 5.02. The van der Waals surface area contributed by atoms with Crippen molar-refractivity contribution in [2.24, 2.45) is 0 Å². The molecule has 0 radical (unpaired) electrons. The third kappa shape index (κ3) is 6.71. The maximum Gasteiger partial charge on any atom is -0.0313 e. The number of hydrogen-bond acceptors (Lipinski definition) is 0. The van der Waals surface area contributed by atoms with Gasteiger partial charge in [0.25, 0.3) is 0 Å². The van der Waals surface area contributed by atoms with E-state index in [9.17, 15) is 0 Å². The molecule has 1 aliphatic carbocycles. The molecule has 0 aromatic carbocycles. The van der Waals surface area contributed by atoms with E-state index < -0.39 is 0 Å². The third-order valence-electron chi connectivity index (χ3n) is 2.54. The van der Waals surface area contributed by atoms with E-state index in [-0.39, 0.29) is 0 Å². The quantitative estimate of drug-likeness (QED) is 0.482. The summed E-state index contributed by atoms with van der Waals surface area (Å²) >= 11 is 0. The molecule has 1 aliphatic rings. The highest BCUT2D eigenvalue weighted by atomic mass is 13.9. The molecular formula is C14H22. The first-order valence-corrected chi connectivity index (χ1v) is 5.97. The summed E-state index contributed by atoms with van der Waals surface area (Å²) in [5, 5.41) is 0. The molecule has 0 aromatic rings. The first-order chi connectivity index (χ1) is 7.00. The summed E-state index contributed by atoms with van der Waals surface area (Å²) in [7, 11) is 0. The van der Waals surface area contributed by atoms with Gasteiger partial charge in [0.2, 0.25) is 0 Å². The molecule has 0 fully saturated rings. The van der Waals surface area contributed by atoms with Gasteiger partial charge in [-0.05, 0) is 38.5 Å². The van der Waals surface area contributed by atoms with Crippen LogP contribution in [0.5, 0.6) is 0 Å². The Morgan fingerprint density at radius 2 is 0.929 bits per heavy atom. The molecule has 0 heterocycles. The largest absolute Gasteiger partial charge is 0.0885 e. The fourth-order valence-corrected chi connectivity index (χ4v) is 1.66. The van der Waals surface area contributed by atoms with E-state index in [1.54, 1.807) is 0 Å². The van der Waals surface area contributed by atoms with Crippen LogP contribution in [0.2, 0.25) is 0 Å². The van der Waals surface area contributed by atoms with Gasteiger partial charge in [-0.25, -0.2) is 0 Å². The van der Waals surface area contributed by atoms with E-state index in [4.69, 9.17) is 0 Å². The molecule has 0 unspecified atom stereocenters. The van der Waals surface area contributed by atoms with Crippen molar-refractivity contribution < 1.29 is 0 Å². The average molecular weight is 190 g/mol. The summed E-state index contributed by atoms with van der Waals surface area (Å²) in [6, 6.07) is 0. The van der Waals surface area contributed by atoms with Crippen LogP contribution in [0.3, 0.4) is 0 Å². The van der Waals surface area contributed by atoms with Gasteiger partial charge in [0, 0.05) is 0 Å².